The van der Waals surface area contributed by atoms with Gasteiger partial charge in [-0.3, -0.25) is 0 Å². The Morgan fingerprint density at radius 1 is 0.917 bits per heavy atom. The van der Waals surface area contributed by atoms with Gasteiger partial charge in [-0.05, 0) is 37.6 Å². The number of aryl methyl sites for hydroxylation is 1. The van der Waals surface area contributed by atoms with E-state index in [0.717, 1.165) is 18.4 Å². The maximum atomic E-state index is 13.3. The van der Waals surface area contributed by atoms with Crippen LogP contribution in [-0.4, -0.2) is 19.2 Å². The van der Waals surface area contributed by atoms with Gasteiger partial charge in [0.25, 0.3) is 10.0 Å². The van der Waals surface area contributed by atoms with Crippen LogP contribution in [-0.2, 0) is 19.9 Å². The van der Waals surface area contributed by atoms with Crippen LogP contribution < -0.4 is 4.72 Å². The van der Waals surface area contributed by atoms with Gasteiger partial charge in [-0.2, -0.15) is 8.42 Å². The first kappa shape index (κ1) is 18.6. The maximum absolute atomic E-state index is 13.3. The zero-order chi connectivity index (χ0) is 17.6. The molecular formula is C17H22N2O3S2. The van der Waals surface area contributed by atoms with Crippen molar-refractivity contribution in [3.63, 3.8) is 0 Å². The third-order valence-corrected chi connectivity index (χ3v) is 7.41. The topological polar surface area (TPSA) is 75.6 Å². The van der Waals surface area contributed by atoms with Crippen LogP contribution in [0.3, 0.4) is 0 Å². The minimum Gasteiger partial charge on any atom is -0.228 e. The van der Waals surface area contributed by atoms with Gasteiger partial charge in [-0.15, -0.1) is 0 Å². The molecule has 0 aliphatic carbocycles. The van der Waals surface area contributed by atoms with Crippen molar-refractivity contribution in [1.82, 2.24) is 4.72 Å². The lowest BCUT2D eigenvalue weighted by molar-refractivity contribution is 0.597. The Bertz CT molecular complexity index is 883. The molecule has 0 amide bonds. The lowest BCUT2D eigenvalue weighted by Crippen LogP contribution is -2.25. The van der Waals surface area contributed by atoms with E-state index in [2.05, 4.69) is 8.49 Å². The molecule has 5 nitrogen and oxygen atoms in total. The van der Waals surface area contributed by atoms with Gasteiger partial charge in [0.05, 0.1) is 9.79 Å². The Kier molecular flexibility index (Phi) is 6.15. The van der Waals surface area contributed by atoms with E-state index in [1.165, 1.54) is 12.1 Å². The van der Waals surface area contributed by atoms with Crippen molar-refractivity contribution in [2.24, 2.45) is 3.77 Å². The van der Waals surface area contributed by atoms with Gasteiger partial charge in [-0.1, -0.05) is 53.0 Å². The van der Waals surface area contributed by atoms with Crippen molar-refractivity contribution < 1.29 is 12.6 Å². The summed E-state index contributed by atoms with van der Waals surface area (Å²) >= 11 is 0. The molecule has 24 heavy (non-hydrogen) atoms. The fourth-order valence-electron chi connectivity index (χ4n) is 2.04. The number of benzene rings is 2. The second-order valence-electron chi connectivity index (χ2n) is 5.45. The van der Waals surface area contributed by atoms with Crippen molar-refractivity contribution in [2.75, 3.05) is 6.54 Å². The Labute approximate surface area is 144 Å². The average molecular weight is 367 g/mol. The standard InChI is InChI=1S/C17H22N2O3S2/c1-3-4-14-18-23(20,16-8-6-5-7-9-16)19-24(21,22)17-12-10-15(2)11-13-17/h5-13H,3-4,14H2,1-2H3,(H,18,19,20). The first-order valence-corrected chi connectivity index (χ1v) is 10.7. The highest BCUT2D eigenvalue weighted by atomic mass is 32.3. The first-order valence-electron chi connectivity index (χ1n) is 7.77. The summed E-state index contributed by atoms with van der Waals surface area (Å²) in [6.07, 6.45) is 1.69. The molecule has 0 fully saturated rings. The van der Waals surface area contributed by atoms with Gasteiger partial charge < -0.3 is 0 Å². The summed E-state index contributed by atoms with van der Waals surface area (Å²) in [5, 5.41) is 0. The summed E-state index contributed by atoms with van der Waals surface area (Å²) in [5.41, 5.74) is 0.943. The van der Waals surface area contributed by atoms with E-state index in [1.807, 2.05) is 13.8 Å². The lowest BCUT2D eigenvalue weighted by Gasteiger charge is -2.12. The molecule has 0 aliphatic heterocycles. The van der Waals surface area contributed by atoms with Crippen molar-refractivity contribution in [1.29, 1.82) is 0 Å². The molecule has 0 spiro atoms. The Morgan fingerprint density at radius 2 is 1.54 bits per heavy atom. The van der Waals surface area contributed by atoms with Crippen molar-refractivity contribution >= 4 is 19.9 Å². The fourth-order valence-corrected chi connectivity index (χ4v) is 5.63. The molecule has 130 valence electrons. The highest BCUT2D eigenvalue weighted by molar-refractivity contribution is 8.02. The van der Waals surface area contributed by atoms with E-state index in [-0.39, 0.29) is 4.90 Å². The van der Waals surface area contributed by atoms with Crippen LogP contribution in [0.5, 0.6) is 0 Å². The molecule has 2 aromatic carbocycles. The van der Waals surface area contributed by atoms with Crippen LogP contribution in [0.15, 0.2) is 68.2 Å². The van der Waals surface area contributed by atoms with Crippen LogP contribution in [0.4, 0.5) is 0 Å². The molecule has 0 bridgehead atoms. The number of hydrogen-bond donors (Lipinski definition) is 1. The summed E-state index contributed by atoms with van der Waals surface area (Å²) in [4.78, 5) is 0.394. The Hall–Kier alpha value is -1.70. The van der Waals surface area contributed by atoms with E-state index in [9.17, 15) is 12.6 Å². The van der Waals surface area contributed by atoms with Gasteiger partial charge in [0.15, 0.2) is 9.92 Å². The number of hydrogen-bond acceptors (Lipinski definition) is 3. The molecule has 2 aromatic rings. The molecule has 0 heterocycles. The third-order valence-electron chi connectivity index (χ3n) is 3.41. The second-order valence-corrected chi connectivity index (χ2v) is 9.28. The van der Waals surface area contributed by atoms with Gasteiger partial charge >= 0.3 is 0 Å². The van der Waals surface area contributed by atoms with Crippen molar-refractivity contribution in [2.45, 2.75) is 36.5 Å². The zero-order valence-electron chi connectivity index (χ0n) is 13.8. The van der Waals surface area contributed by atoms with Gasteiger partial charge in [-0.25, -0.2) is 8.93 Å². The zero-order valence-corrected chi connectivity index (χ0v) is 15.4. The summed E-state index contributed by atoms with van der Waals surface area (Å²) in [6.45, 7) is 4.30. The summed E-state index contributed by atoms with van der Waals surface area (Å²) < 4.78 is 45.0. The average Bonchev–Trinajstić information content (AvgIpc) is 2.56. The highest BCUT2D eigenvalue weighted by Gasteiger charge is 2.20. The van der Waals surface area contributed by atoms with Crippen LogP contribution in [0.1, 0.15) is 25.3 Å². The molecule has 0 aromatic heterocycles. The maximum Gasteiger partial charge on any atom is 0.291 e. The molecule has 7 heteroatoms. The smallest absolute Gasteiger partial charge is 0.228 e. The molecule has 0 saturated carbocycles. The molecule has 2 rings (SSSR count). The molecule has 1 N–H and O–H groups in total. The van der Waals surface area contributed by atoms with E-state index in [1.54, 1.807) is 42.5 Å². The number of sulfonamides is 1. The van der Waals surface area contributed by atoms with E-state index >= 15 is 0 Å². The van der Waals surface area contributed by atoms with E-state index < -0.39 is 19.9 Å². The number of unbranched alkanes of at least 4 members (excludes halogenated alkanes) is 1. The SMILES string of the molecule is CCCCNS(=O)(=NS(=O)(=O)c1ccc(C)cc1)c1ccccc1. The third kappa shape index (κ3) is 4.66. The molecular weight excluding hydrogens is 344 g/mol. The van der Waals surface area contributed by atoms with Gasteiger partial charge in [0.2, 0.25) is 0 Å². The molecule has 1 atom stereocenters. The van der Waals surface area contributed by atoms with Crippen molar-refractivity contribution in [3.8, 4) is 0 Å². The van der Waals surface area contributed by atoms with Crippen LogP contribution in [0.2, 0.25) is 0 Å². The quantitative estimate of drug-likeness (QED) is 0.762. The lowest BCUT2D eigenvalue weighted by atomic mass is 10.2. The van der Waals surface area contributed by atoms with E-state index in [0.29, 0.717) is 11.4 Å². The Balaban J connectivity index is 2.51. The number of rotatable bonds is 7. The predicted molar refractivity (Wildman–Crippen MR) is 96.6 cm³/mol. The minimum atomic E-state index is -4.03. The first-order chi connectivity index (χ1) is 11.4. The molecule has 0 radical (unpaired) electrons. The van der Waals surface area contributed by atoms with Crippen LogP contribution in [0.25, 0.3) is 0 Å². The fraction of sp³-hybridized carbons (Fsp3) is 0.294. The summed E-state index contributed by atoms with van der Waals surface area (Å²) in [5.74, 6) is 0. The monoisotopic (exact) mass is 366 g/mol. The normalized spacial score (nSPS) is 14.1. The van der Waals surface area contributed by atoms with E-state index in [4.69, 9.17) is 0 Å². The molecule has 0 aliphatic rings. The van der Waals surface area contributed by atoms with Crippen molar-refractivity contribution in [3.05, 3.63) is 60.2 Å². The summed E-state index contributed by atoms with van der Waals surface area (Å²) in [6, 6.07) is 14.8. The number of nitrogens with zero attached hydrogens (tertiary/aromatic N) is 1. The predicted octanol–water partition coefficient (Wildman–Crippen LogP) is 3.52. The highest BCUT2D eigenvalue weighted by Crippen LogP contribution is 2.19. The molecule has 0 saturated heterocycles. The second kappa shape index (κ2) is 7.92. The largest absolute Gasteiger partial charge is 0.291 e. The van der Waals surface area contributed by atoms with Crippen LogP contribution in [0, 0.1) is 6.92 Å². The number of nitrogens with one attached hydrogen (secondary N) is 1. The Morgan fingerprint density at radius 3 is 2.12 bits per heavy atom. The minimum absolute atomic E-state index is 0.0362. The van der Waals surface area contributed by atoms with Gasteiger partial charge in [0.1, 0.15) is 0 Å². The van der Waals surface area contributed by atoms with Gasteiger partial charge in [0, 0.05) is 6.54 Å². The molecule has 1 unspecified atom stereocenters. The summed E-state index contributed by atoms with van der Waals surface area (Å²) in [7, 11) is -7.30. The van der Waals surface area contributed by atoms with Crippen LogP contribution >= 0.6 is 0 Å².